The minimum Gasteiger partial charge on any atom is -0.377 e. The number of halogens is 2. The summed E-state index contributed by atoms with van der Waals surface area (Å²) in [5, 5.41) is 3.76. The maximum Gasteiger partial charge on any atom is 0.194 e. The van der Waals surface area contributed by atoms with Gasteiger partial charge in [0.1, 0.15) is 5.82 Å². The molecule has 0 amide bonds. The quantitative estimate of drug-likeness (QED) is 0.411. The average Bonchev–Trinajstić information content (AvgIpc) is 2.95. The Balaban J connectivity index is 0.00000196. The zero-order valence-electron chi connectivity index (χ0n) is 15.6. The molecule has 1 heterocycles. The van der Waals surface area contributed by atoms with Crippen LogP contribution in [-0.2, 0) is 11.3 Å². The van der Waals surface area contributed by atoms with Crippen LogP contribution in [0.15, 0.2) is 29.3 Å². The molecule has 0 aromatic heterocycles. The average molecular weight is 473 g/mol. The maximum atomic E-state index is 13.5. The SMILES string of the molecule is CCN=C(NC1C2CCOC2C12CCC2)N(C)Cc1cccc(F)c1.I. The molecular weight excluding hydrogens is 444 g/mol. The van der Waals surface area contributed by atoms with Crippen molar-refractivity contribution < 1.29 is 9.13 Å². The van der Waals surface area contributed by atoms with E-state index >= 15 is 0 Å². The summed E-state index contributed by atoms with van der Waals surface area (Å²) in [7, 11) is 2.03. The molecule has 1 spiro atoms. The van der Waals surface area contributed by atoms with Crippen LogP contribution >= 0.6 is 24.0 Å². The number of guanidine groups is 1. The summed E-state index contributed by atoms with van der Waals surface area (Å²) < 4.78 is 19.5. The molecule has 0 bridgehead atoms. The standard InChI is InChI=1S/C20H28FN3O.HI/c1-3-22-19(24(2)13-14-6-4-7-15(21)12-14)23-17-16-8-11-25-18(16)20(17)9-5-10-20;/h4,6-7,12,16-18H,3,5,8-11,13H2,1-2H3,(H,22,23);1H. The lowest BCUT2D eigenvalue weighted by Gasteiger charge is -2.63. The molecule has 3 atom stereocenters. The van der Waals surface area contributed by atoms with E-state index in [0.29, 0.717) is 30.0 Å². The molecule has 2 aliphatic carbocycles. The minimum absolute atomic E-state index is 0. The highest BCUT2D eigenvalue weighted by Gasteiger charge is 2.66. The Bertz CT molecular complexity index is 664. The fraction of sp³-hybridized carbons (Fsp3) is 0.650. The summed E-state index contributed by atoms with van der Waals surface area (Å²) >= 11 is 0. The molecule has 2 saturated carbocycles. The zero-order valence-corrected chi connectivity index (χ0v) is 17.9. The summed E-state index contributed by atoms with van der Waals surface area (Å²) in [5.74, 6) is 1.35. The van der Waals surface area contributed by atoms with Crippen molar-refractivity contribution in [1.82, 2.24) is 10.2 Å². The van der Waals surface area contributed by atoms with Crippen molar-refractivity contribution in [3.05, 3.63) is 35.6 Å². The van der Waals surface area contributed by atoms with Crippen LogP contribution in [0.4, 0.5) is 4.39 Å². The van der Waals surface area contributed by atoms with Crippen molar-refractivity contribution in [2.24, 2.45) is 16.3 Å². The molecule has 0 radical (unpaired) electrons. The number of benzene rings is 1. The van der Waals surface area contributed by atoms with Crippen LogP contribution in [-0.4, -0.2) is 43.2 Å². The monoisotopic (exact) mass is 473 g/mol. The van der Waals surface area contributed by atoms with Crippen molar-refractivity contribution >= 4 is 29.9 Å². The molecule has 1 aromatic carbocycles. The van der Waals surface area contributed by atoms with Gasteiger partial charge in [0.25, 0.3) is 0 Å². The van der Waals surface area contributed by atoms with Crippen LogP contribution in [0, 0.1) is 17.2 Å². The van der Waals surface area contributed by atoms with Crippen molar-refractivity contribution in [3.63, 3.8) is 0 Å². The summed E-state index contributed by atoms with van der Waals surface area (Å²) in [5.41, 5.74) is 1.29. The van der Waals surface area contributed by atoms with Crippen molar-refractivity contribution in [2.75, 3.05) is 20.2 Å². The Morgan fingerprint density at radius 2 is 2.23 bits per heavy atom. The van der Waals surface area contributed by atoms with E-state index in [9.17, 15) is 4.39 Å². The highest BCUT2D eigenvalue weighted by Crippen LogP contribution is 2.62. The number of fused-ring (bicyclic) bond motifs is 2. The minimum atomic E-state index is -0.189. The van der Waals surface area contributed by atoms with Crippen LogP contribution in [0.25, 0.3) is 0 Å². The van der Waals surface area contributed by atoms with Gasteiger partial charge >= 0.3 is 0 Å². The molecule has 26 heavy (non-hydrogen) atoms. The van der Waals surface area contributed by atoms with E-state index in [2.05, 4.69) is 17.1 Å². The Labute approximate surface area is 172 Å². The van der Waals surface area contributed by atoms with Gasteiger partial charge in [-0.1, -0.05) is 18.6 Å². The molecule has 3 aliphatic rings. The molecule has 3 unspecified atom stereocenters. The van der Waals surface area contributed by atoms with Gasteiger partial charge in [-0.2, -0.15) is 0 Å². The third-order valence-corrected chi connectivity index (χ3v) is 6.30. The van der Waals surface area contributed by atoms with Gasteiger partial charge in [-0.3, -0.25) is 4.99 Å². The van der Waals surface area contributed by atoms with Crippen LogP contribution < -0.4 is 5.32 Å². The van der Waals surface area contributed by atoms with Gasteiger partial charge < -0.3 is 15.0 Å². The van der Waals surface area contributed by atoms with Gasteiger partial charge in [0.05, 0.1) is 6.10 Å². The second-order valence-corrected chi connectivity index (χ2v) is 7.74. The normalized spacial score (nSPS) is 28.6. The number of ether oxygens (including phenoxy) is 1. The Hall–Kier alpha value is -0.890. The summed E-state index contributed by atoms with van der Waals surface area (Å²) in [6.07, 6.45) is 5.44. The maximum absolute atomic E-state index is 13.5. The largest absolute Gasteiger partial charge is 0.377 e. The molecule has 1 N–H and O–H groups in total. The molecular formula is C20H29FIN3O. The number of nitrogens with one attached hydrogen (secondary N) is 1. The predicted molar refractivity (Wildman–Crippen MR) is 112 cm³/mol. The van der Waals surface area contributed by atoms with Gasteiger partial charge in [0.2, 0.25) is 0 Å². The molecule has 4 rings (SSSR count). The van der Waals surface area contributed by atoms with E-state index in [4.69, 9.17) is 9.73 Å². The molecule has 3 fully saturated rings. The second-order valence-electron chi connectivity index (χ2n) is 7.74. The highest BCUT2D eigenvalue weighted by molar-refractivity contribution is 14.0. The van der Waals surface area contributed by atoms with Crippen LogP contribution in [0.3, 0.4) is 0 Å². The zero-order chi connectivity index (χ0) is 17.4. The molecule has 1 aliphatic heterocycles. The van der Waals surface area contributed by atoms with Gasteiger partial charge in [-0.05, 0) is 43.9 Å². The van der Waals surface area contributed by atoms with Crippen LogP contribution in [0.2, 0.25) is 0 Å². The number of nitrogens with zero attached hydrogens (tertiary/aromatic N) is 2. The Morgan fingerprint density at radius 3 is 2.88 bits per heavy atom. The number of aliphatic imine (C=N–C) groups is 1. The van der Waals surface area contributed by atoms with Crippen LogP contribution in [0.5, 0.6) is 0 Å². The molecule has 1 saturated heterocycles. The van der Waals surface area contributed by atoms with Gasteiger partial charge in [-0.15, -0.1) is 24.0 Å². The third-order valence-electron chi connectivity index (χ3n) is 6.30. The smallest absolute Gasteiger partial charge is 0.194 e. The van der Waals surface area contributed by atoms with Crippen molar-refractivity contribution in [3.8, 4) is 0 Å². The Morgan fingerprint density at radius 1 is 1.42 bits per heavy atom. The molecule has 6 heteroatoms. The first kappa shape index (κ1) is 19.9. The van der Waals surface area contributed by atoms with E-state index in [0.717, 1.165) is 31.1 Å². The van der Waals surface area contributed by atoms with Gasteiger partial charge in [-0.25, -0.2) is 4.39 Å². The summed E-state index contributed by atoms with van der Waals surface area (Å²) in [6, 6.07) is 7.27. The van der Waals surface area contributed by atoms with E-state index in [-0.39, 0.29) is 29.8 Å². The van der Waals surface area contributed by atoms with Crippen molar-refractivity contribution in [1.29, 1.82) is 0 Å². The summed E-state index contributed by atoms with van der Waals surface area (Å²) in [6.45, 7) is 4.34. The van der Waals surface area contributed by atoms with Crippen molar-refractivity contribution in [2.45, 2.75) is 51.3 Å². The van der Waals surface area contributed by atoms with E-state index < -0.39 is 0 Å². The predicted octanol–water partition coefficient (Wildman–Crippen LogP) is 3.80. The topological polar surface area (TPSA) is 36.9 Å². The first-order valence-electron chi connectivity index (χ1n) is 9.52. The second kappa shape index (κ2) is 8.00. The highest BCUT2D eigenvalue weighted by atomic mass is 127. The number of hydrogen-bond acceptors (Lipinski definition) is 2. The third kappa shape index (κ3) is 3.35. The number of hydrogen-bond donors (Lipinski definition) is 1. The fourth-order valence-corrected chi connectivity index (χ4v) is 5.01. The van der Waals surface area contributed by atoms with E-state index in [1.807, 2.05) is 13.1 Å². The summed E-state index contributed by atoms with van der Waals surface area (Å²) in [4.78, 5) is 6.80. The molecule has 144 valence electrons. The van der Waals surface area contributed by atoms with Gasteiger partial charge in [0.15, 0.2) is 5.96 Å². The lowest BCUT2D eigenvalue weighted by Crippen LogP contribution is -2.72. The number of rotatable bonds is 4. The van der Waals surface area contributed by atoms with Gasteiger partial charge in [0, 0.05) is 44.1 Å². The molecule has 4 nitrogen and oxygen atoms in total. The lowest BCUT2D eigenvalue weighted by atomic mass is 9.46. The van der Waals surface area contributed by atoms with E-state index in [1.54, 1.807) is 12.1 Å². The first-order valence-corrected chi connectivity index (χ1v) is 9.52. The molecule has 1 aromatic rings. The Kier molecular flexibility index (Phi) is 6.11. The first-order chi connectivity index (χ1) is 12.1. The van der Waals surface area contributed by atoms with E-state index in [1.165, 1.54) is 25.3 Å². The lowest BCUT2D eigenvalue weighted by molar-refractivity contribution is -0.171. The van der Waals surface area contributed by atoms with Crippen LogP contribution in [0.1, 0.15) is 38.2 Å². The fourth-order valence-electron chi connectivity index (χ4n) is 5.01.